The van der Waals surface area contributed by atoms with Crippen molar-refractivity contribution in [1.82, 2.24) is 34.3 Å². The molecule has 1 aliphatic carbocycles. The Bertz CT molecular complexity index is 1110. The zero-order valence-corrected chi connectivity index (χ0v) is 15.8. The van der Waals surface area contributed by atoms with Crippen LogP contribution in [0.3, 0.4) is 0 Å². The number of rotatable bonds is 5. The van der Waals surface area contributed by atoms with Gasteiger partial charge in [-0.15, -0.1) is 10.2 Å². The third kappa shape index (κ3) is 3.21. The van der Waals surface area contributed by atoms with Gasteiger partial charge in [-0.2, -0.15) is 5.10 Å². The van der Waals surface area contributed by atoms with Crippen LogP contribution < -0.4 is 5.32 Å². The summed E-state index contributed by atoms with van der Waals surface area (Å²) >= 11 is 0. The highest BCUT2D eigenvalue weighted by Gasteiger charge is 2.18. The maximum atomic E-state index is 4.63. The summed E-state index contributed by atoms with van der Waals surface area (Å²) in [6.45, 7) is 0. The lowest BCUT2D eigenvalue weighted by Gasteiger charge is -2.08. The molecule has 0 spiro atoms. The first-order chi connectivity index (χ1) is 13.8. The van der Waals surface area contributed by atoms with Gasteiger partial charge in [0.25, 0.3) is 0 Å². The van der Waals surface area contributed by atoms with Gasteiger partial charge in [0, 0.05) is 37.5 Å². The van der Waals surface area contributed by atoms with Crippen molar-refractivity contribution in [3.63, 3.8) is 0 Å². The zero-order valence-electron chi connectivity index (χ0n) is 15.8. The quantitative estimate of drug-likeness (QED) is 0.576. The number of anilines is 2. The predicted molar refractivity (Wildman–Crippen MR) is 106 cm³/mol. The van der Waals surface area contributed by atoms with E-state index in [1.807, 2.05) is 31.4 Å². The summed E-state index contributed by atoms with van der Waals surface area (Å²) < 4.78 is 3.84. The number of hydrogen-bond donors (Lipinski definition) is 1. The Morgan fingerprint density at radius 1 is 1.11 bits per heavy atom. The van der Waals surface area contributed by atoms with E-state index in [1.54, 1.807) is 17.1 Å². The summed E-state index contributed by atoms with van der Waals surface area (Å²) in [5, 5.41) is 16.1. The minimum absolute atomic E-state index is 0.532. The van der Waals surface area contributed by atoms with Crippen LogP contribution in [0, 0.1) is 5.92 Å². The Morgan fingerprint density at radius 2 is 2.00 bits per heavy atom. The lowest BCUT2D eigenvalue weighted by atomic mass is 10.0. The molecule has 5 rings (SSSR count). The molecule has 0 aromatic carbocycles. The van der Waals surface area contributed by atoms with E-state index in [2.05, 4.69) is 41.0 Å². The summed E-state index contributed by atoms with van der Waals surface area (Å²) in [7, 11) is 1.87. The van der Waals surface area contributed by atoms with Gasteiger partial charge in [-0.25, -0.2) is 9.97 Å². The molecule has 0 atom stereocenters. The molecular weight excluding hydrogens is 352 g/mol. The molecule has 1 saturated carbocycles. The molecule has 4 aromatic rings. The second-order valence-electron chi connectivity index (χ2n) is 7.34. The van der Waals surface area contributed by atoms with Crippen molar-refractivity contribution in [3.8, 4) is 11.3 Å². The van der Waals surface area contributed by atoms with Crippen LogP contribution in [0.2, 0.25) is 0 Å². The molecule has 8 heteroatoms. The zero-order chi connectivity index (χ0) is 18.9. The van der Waals surface area contributed by atoms with E-state index in [-0.39, 0.29) is 0 Å². The van der Waals surface area contributed by atoms with Crippen molar-refractivity contribution < 1.29 is 0 Å². The molecule has 8 nitrogen and oxygen atoms in total. The molecule has 0 aliphatic heterocycles. The summed E-state index contributed by atoms with van der Waals surface area (Å²) in [5.74, 6) is 3.16. The second-order valence-corrected chi connectivity index (χ2v) is 7.34. The molecule has 0 amide bonds. The lowest BCUT2D eigenvalue weighted by molar-refractivity contribution is 0.527. The maximum Gasteiger partial charge on any atom is 0.228 e. The fourth-order valence-corrected chi connectivity index (χ4v) is 3.90. The van der Waals surface area contributed by atoms with Gasteiger partial charge >= 0.3 is 0 Å². The Kier molecular flexibility index (Phi) is 4.23. The molecule has 1 fully saturated rings. The van der Waals surface area contributed by atoms with E-state index >= 15 is 0 Å². The van der Waals surface area contributed by atoms with Crippen LogP contribution in [0.15, 0.2) is 42.9 Å². The number of aromatic nitrogens is 7. The number of nitrogens with zero attached hydrogens (tertiary/aromatic N) is 7. The highest BCUT2D eigenvalue weighted by molar-refractivity contribution is 5.65. The van der Waals surface area contributed by atoms with Crippen LogP contribution in [0.25, 0.3) is 16.9 Å². The molecule has 4 heterocycles. The van der Waals surface area contributed by atoms with Gasteiger partial charge < -0.3 is 5.32 Å². The number of hydrogen-bond acceptors (Lipinski definition) is 6. The van der Waals surface area contributed by atoms with Gasteiger partial charge in [-0.1, -0.05) is 25.7 Å². The van der Waals surface area contributed by atoms with E-state index in [4.69, 9.17) is 0 Å². The fourth-order valence-electron chi connectivity index (χ4n) is 3.90. The Hall–Kier alpha value is -3.29. The summed E-state index contributed by atoms with van der Waals surface area (Å²) in [4.78, 5) is 8.94. The van der Waals surface area contributed by atoms with Crippen molar-refractivity contribution in [1.29, 1.82) is 0 Å². The average molecular weight is 374 g/mol. The number of pyridine rings is 1. The van der Waals surface area contributed by atoms with Crippen LogP contribution in [-0.4, -0.2) is 34.3 Å². The highest BCUT2D eigenvalue weighted by Crippen LogP contribution is 2.28. The van der Waals surface area contributed by atoms with Crippen molar-refractivity contribution in [2.24, 2.45) is 13.0 Å². The first-order valence-corrected chi connectivity index (χ1v) is 9.68. The SMILES string of the molecule is Cn1nccc1Nc1nccc(-c2ccn3c(CC4CCCC4)nnc3c2)n1. The van der Waals surface area contributed by atoms with E-state index in [0.29, 0.717) is 5.95 Å². The summed E-state index contributed by atoms with van der Waals surface area (Å²) in [5.41, 5.74) is 2.68. The number of nitrogens with one attached hydrogen (secondary N) is 1. The van der Waals surface area contributed by atoms with E-state index < -0.39 is 0 Å². The van der Waals surface area contributed by atoms with Gasteiger partial charge in [0.05, 0.1) is 11.9 Å². The summed E-state index contributed by atoms with van der Waals surface area (Å²) in [6.07, 6.45) is 11.8. The van der Waals surface area contributed by atoms with Gasteiger partial charge in [-0.05, 0) is 24.1 Å². The predicted octanol–water partition coefficient (Wildman–Crippen LogP) is 3.40. The largest absolute Gasteiger partial charge is 0.309 e. The number of fused-ring (bicyclic) bond motifs is 1. The minimum Gasteiger partial charge on any atom is -0.309 e. The van der Waals surface area contributed by atoms with E-state index in [1.165, 1.54) is 25.7 Å². The van der Waals surface area contributed by atoms with Gasteiger partial charge in [0.2, 0.25) is 5.95 Å². The Balaban J connectivity index is 1.41. The van der Waals surface area contributed by atoms with Crippen LogP contribution in [0.1, 0.15) is 31.5 Å². The molecule has 1 N–H and O–H groups in total. The lowest BCUT2D eigenvalue weighted by Crippen LogP contribution is -2.04. The molecule has 142 valence electrons. The molecule has 0 saturated heterocycles. The third-order valence-electron chi connectivity index (χ3n) is 5.44. The maximum absolute atomic E-state index is 4.63. The Morgan fingerprint density at radius 3 is 2.82 bits per heavy atom. The molecule has 1 aliphatic rings. The normalized spacial score (nSPS) is 14.8. The van der Waals surface area contributed by atoms with Crippen LogP contribution in [0.4, 0.5) is 11.8 Å². The monoisotopic (exact) mass is 374 g/mol. The van der Waals surface area contributed by atoms with Crippen LogP contribution in [-0.2, 0) is 13.5 Å². The smallest absolute Gasteiger partial charge is 0.228 e. The van der Waals surface area contributed by atoms with Gasteiger partial charge in [-0.3, -0.25) is 9.08 Å². The molecule has 28 heavy (non-hydrogen) atoms. The number of aryl methyl sites for hydroxylation is 1. The Labute approximate surface area is 162 Å². The summed E-state index contributed by atoms with van der Waals surface area (Å²) in [6, 6.07) is 7.87. The first kappa shape index (κ1) is 16.9. The second kappa shape index (κ2) is 7.03. The molecular formula is C20H22N8. The molecule has 0 bridgehead atoms. The molecule has 0 radical (unpaired) electrons. The fraction of sp³-hybridized carbons (Fsp3) is 0.350. The molecule has 0 unspecified atom stereocenters. The average Bonchev–Trinajstić information content (AvgIpc) is 3.45. The molecule has 4 aromatic heterocycles. The highest BCUT2D eigenvalue weighted by atomic mass is 15.3. The van der Waals surface area contributed by atoms with E-state index in [0.717, 1.165) is 40.9 Å². The third-order valence-corrected chi connectivity index (χ3v) is 5.44. The minimum atomic E-state index is 0.532. The van der Waals surface area contributed by atoms with Gasteiger partial charge in [0.1, 0.15) is 11.6 Å². The van der Waals surface area contributed by atoms with Crippen LogP contribution >= 0.6 is 0 Å². The van der Waals surface area contributed by atoms with Crippen molar-refractivity contribution in [2.45, 2.75) is 32.1 Å². The van der Waals surface area contributed by atoms with Crippen LogP contribution in [0.5, 0.6) is 0 Å². The van der Waals surface area contributed by atoms with Crippen molar-refractivity contribution in [3.05, 3.63) is 48.7 Å². The van der Waals surface area contributed by atoms with Crippen molar-refractivity contribution in [2.75, 3.05) is 5.32 Å². The van der Waals surface area contributed by atoms with Crippen molar-refractivity contribution >= 4 is 17.4 Å². The van der Waals surface area contributed by atoms with E-state index in [9.17, 15) is 0 Å². The standard InChI is InChI=1S/C20H22N8/c1-27-17(7-10-22-27)24-20-21-9-6-16(23-20)15-8-11-28-18(25-26-19(28)13-15)12-14-4-2-3-5-14/h6-11,13-14H,2-5,12H2,1H3,(H,21,23,24). The van der Waals surface area contributed by atoms with Gasteiger partial charge in [0.15, 0.2) is 5.65 Å². The topological polar surface area (TPSA) is 85.8 Å². The first-order valence-electron chi connectivity index (χ1n) is 9.68.